The van der Waals surface area contributed by atoms with Crippen molar-refractivity contribution in [2.45, 2.75) is 58.0 Å². The molecular weight excluding hydrogens is 222 g/mol. The molecule has 4 heteroatoms. The molecule has 96 valence electrons. The predicted octanol–water partition coefficient (Wildman–Crippen LogP) is 1.98. The van der Waals surface area contributed by atoms with Gasteiger partial charge in [-0.3, -0.25) is 0 Å². The molecule has 0 heterocycles. The zero-order chi connectivity index (χ0) is 12.2. The van der Waals surface area contributed by atoms with Gasteiger partial charge in [-0.15, -0.1) is 0 Å². The zero-order valence-corrected chi connectivity index (χ0v) is 11.5. The summed E-state index contributed by atoms with van der Waals surface area (Å²) in [6.45, 7) is 4.11. The van der Waals surface area contributed by atoms with Crippen LogP contribution in [0.25, 0.3) is 0 Å². The summed E-state index contributed by atoms with van der Waals surface area (Å²) in [7, 11) is -2.86. The highest BCUT2D eigenvalue weighted by Gasteiger charge is 2.19. The highest BCUT2D eigenvalue weighted by atomic mass is 32.2. The summed E-state index contributed by atoms with van der Waals surface area (Å²) in [5.74, 6) is 1.09. The van der Waals surface area contributed by atoms with E-state index in [0.29, 0.717) is 6.04 Å². The maximum atomic E-state index is 11.1. The van der Waals surface area contributed by atoms with E-state index in [2.05, 4.69) is 12.2 Å². The zero-order valence-electron chi connectivity index (χ0n) is 10.7. The van der Waals surface area contributed by atoms with Crippen LogP contribution in [0.2, 0.25) is 0 Å². The molecule has 1 N–H and O–H groups in total. The number of hydrogen-bond acceptors (Lipinski definition) is 3. The van der Waals surface area contributed by atoms with Crippen molar-refractivity contribution in [2.75, 3.05) is 12.0 Å². The van der Waals surface area contributed by atoms with Gasteiger partial charge >= 0.3 is 0 Å². The van der Waals surface area contributed by atoms with E-state index in [4.69, 9.17) is 0 Å². The number of sulfone groups is 1. The lowest BCUT2D eigenvalue weighted by Gasteiger charge is -2.22. The Kier molecular flexibility index (Phi) is 5.25. The molecule has 0 bridgehead atoms. The van der Waals surface area contributed by atoms with Gasteiger partial charge in [0.15, 0.2) is 0 Å². The predicted molar refractivity (Wildman–Crippen MR) is 68.3 cm³/mol. The lowest BCUT2D eigenvalue weighted by molar-refractivity contribution is 0.385. The molecule has 0 spiro atoms. The lowest BCUT2D eigenvalue weighted by Crippen LogP contribution is -2.39. The summed E-state index contributed by atoms with van der Waals surface area (Å²) < 4.78 is 22.3. The molecule has 0 radical (unpaired) electrons. The number of nitrogens with one attached hydrogen (secondary N) is 1. The monoisotopic (exact) mass is 247 g/mol. The molecule has 0 saturated heterocycles. The largest absolute Gasteiger partial charge is 0.311 e. The van der Waals surface area contributed by atoms with Crippen molar-refractivity contribution < 1.29 is 8.42 Å². The summed E-state index contributed by atoms with van der Waals surface area (Å²) >= 11 is 0. The van der Waals surface area contributed by atoms with Crippen LogP contribution in [0.4, 0.5) is 0 Å². The molecule has 1 fully saturated rings. The first-order chi connectivity index (χ1) is 7.37. The average Bonchev–Trinajstić information content (AvgIpc) is 2.51. The van der Waals surface area contributed by atoms with E-state index in [1.807, 2.05) is 6.92 Å². The first kappa shape index (κ1) is 14.0. The first-order valence-electron chi connectivity index (χ1n) is 6.30. The maximum Gasteiger partial charge on any atom is 0.148 e. The molecular formula is C12H25NO2S. The van der Waals surface area contributed by atoms with Crippen molar-refractivity contribution in [3.8, 4) is 0 Å². The Hall–Kier alpha value is -0.0900. The SMILES string of the molecule is CC(CC1CCCC1)NC(C)CS(C)(=O)=O. The smallest absolute Gasteiger partial charge is 0.148 e. The van der Waals surface area contributed by atoms with Gasteiger partial charge in [-0.1, -0.05) is 25.7 Å². The molecule has 3 nitrogen and oxygen atoms in total. The van der Waals surface area contributed by atoms with Crippen molar-refractivity contribution in [3.63, 3.8) is 0 Å². The van der Waals surface area contributed by atoms with Crippen molar-refractivity contribution >= 4 is 9.84 Å². The van der Waals surface area contributed by atoms with Crippen LogP contribution in [-0.2, 0) is 9.84 Å². The Morgan fingerprint density at radius 3 is 2.25 bits per heavy atom. The fraction of sp³-hybridized carbons (Fsp3) is 1.00. The third-order valence-electron chi connectivity index (χ3n) is 3.28. The average molecular weight is 247 g/mol. The van der Waals surface area contributed by atoms with Crippen molar-refractivity contribution in [2.24, 2.45) is 5.92 Å². The first-order valence-corrected chi connectivity index (χ1v) is 8.36. The molecule has 0 aromatic heterocycles. The van der Waals surface area contributed by atoms with Gasteiger partial charge in [0.1, 0.15) is 9.84 Å². The summed E-state index contributed by atoms with van der Waals surface area (Å²) in [5.41, 5.74) is 0. The molecule has 1 rings (SSSR count). The summed E-state index contributed by atoms with van der Waals surface area (Å²) in [4.78, 5) is 0. The molecule has 0 amide bonds. The van der Waals surface area contributed by atoms with Crippen molar-refractivity contribution in [1.29, 1.82) is 0 Å². The third-order valence-corrected chi connectivity index (χ3v) is 4.39. The molecule has 2 unspecified atom stereocenters. The maximum absolute atomic E-state index is 11.1. The fourth-order valence-electron chi connectivity index (χ4n) is 2.80. The highest BCUT2D eigenvalue weighted by molar-refractivity contribution is 7.90. The van der Waals surface area contributed by atoms with Crippen LogP contribution < -0.4 is 5.32 Å². The van der Waals surface area contributed by atoms with Crippen LogP contribution in [0.5, 0.6) is 0 Å². The van der Waals surface area contributed by atoms with Crippen LogP contribution in [0, 0.1) is 5.92 Å². The molecule has 0 aromatic carbocycles. The summed E-state index contributed by atoms with van der Waals surface area (Å²) in [6.07, 6.45) is 7.94. The van der Waals surface area contributed by atoms with Gasteiger partial charge in [0.2, 0.25) is 0 Å². The second-order valence-corrected chi connectivity index (χ2v) is 7.63. The Labute approximate surface area is 99.9 Å². The Morgan fingerprint density at radius 1 is 1.19 bits per heavy atom. The van der Waals surface area contributed by atoms with E-state index in [9.17, 15) is 8.42 Å². The summed E-state index contributed by atoms with van der Waals surface area (Å²) in [5, 5.41) is 3.38. The van der Waals surface area contributed by atoms with E-state index in [1.165, 1.54) is 38.4 Å². The molecule has 0 aromatic rings. The van der Waals surface area contributed by atoms with Crippen LogP contribution in [0.1, 0.15) is 46.0 Å². The third kappa shape index (κ3) is 5.85. The molecule has 0 aliphatic heterocycles. The minimum absolute atomic E-state index is 0.0615. The minimum atomic E-state index is -2.86. The molecule has 1 aliphatic rings. The van der Waals surface area contributed by atoms with Crippen molar-refractivity contribution in [1.82, 2.24) is 5.32 Å². The summed E-state index contributed by atoms with van der Waals surface area (Å²) in [6, 6.07) is 0.492. The van der Waals surface area contributed by atoms with E-state index >= 15 is 0 Å². The van der Waals surface area contributed by atoms with Gasteiger partial charge in [-0.05, 0) is 26.2 Å². The van der Waals surface area contributed by atoms with E-state index < -0.39 is 9.84 Å². The van der Waals surface area contributed by atoms with Gasteiger partial charge in [0, 0.05) is 18.3 Å². The minimum Gasteiger partial charge on any atom is -0.311 e. The lowest BCUT2D eigenvalue weighted by atomic mass is 9.99. The Morgan fingerprint density at radius 2 is 1.75 bits per heavy atom. The van der Waals surface area contributed by atoms with E-state index in [-0.39, 0.29) is 11.8 Å². The van der Waals surface area contributed by atoms with E-state index in [1.54, 1.807) is 0 Å². The fourth-order valence-corrected chi connectivity index (χ4v) is 3.81. The van der Waals surface area contributed by atoms with E-state index in [0.717, 1.165) is 5.92 Å². The van der Waals surface area contributed by atoms with Crippen LogP contribution >= 0.6 is 0 Å². The second kappa shape index (κ2) is 6.01. The van der Waals surface area contributed by atoms with Gasteiger partial charge in [-0.25, -0.2) is 8.42 Å². The number of hydrogen-bond donors (Lipinski definition) is 1. The Balaban J connectivity index is 2.24. The highest BCUT2D eigenvalue weighted by Crippen LogP contribution is 2.28. The van der Waals surface area contributed by atoms with Gasteiger partial charge in [0.25, 0.3) is 0 Å². The topological polar surface area (TPSA) is 46.2 Å². The van der Waals surface area contributed by atoms with Crippen molar-refractivity contribution in [3.05, 3.63) is 0 Å². The number of rotatable bonds is 6. The van der Waals surface area contributed by atoms with Gasteiger partial charge in [0.05, 0.1) is 5.75 Å². The molecule has 1 aliphatic carbocycles. The van der Waals surface area contributed by atoms with Crippen LogP contribution in [0.3, 0.4) is 0 Å². The van der Waals surface area contributed by atoms with Gasteiger partial charge in [-0.2, -0.15) is 0 Å². The molecule has 2 atom stereocenters. The second-order valence-electron chi connectivity index (χ2n) is 5.45. The standard InChI is InChI=1S/C12H25NO2S/c1-10(8-12-6-4-5-7-12)13-11(2)9-16(3,14)15/h10-13H,4-9H2,1-3H3. The Bertz CT molecular complexity index is 294. The normalized spacial score (nSPS) is 22.2. The van der Waals surface area contributed by atoms with Crippen LogP contribution in [-0.4, -0.2) is 32.5 Å². The molecule has 1 saturated carbocycles. The van der Waals surface area contributed by atoms with Gasteiger partial charge < -0.3 is 5.32 Å². The quantitative estimate of drug-likeness (QED) is 0.780. The molecule has 16 heavy (non-hydrogen) atoms. The van der Waals surface area contributed by atoms with Crippen LogP contribution in [0.15, 0.2) is 0 Å².